The van der Waals surface area contributed by atoms with Crippen LogP contribution in [0.5, 0.6) is 0 Å². The van der Waals surface area contributed by atoms with Gasteiger partial charge < -0.3 is 10.1 Å². The Labute approximate surface area is 91.5 Å². The lowest BCUT2D eigenvalue weighted by molar-refractivity contribution is -0.119. The summed E-state index contributed by atoms with van der Waals surface area (Å²) in [5.74, 6) is -0.411. The number of rotatable bonds is 3. The van der Waals surface area contributed by atoms with Gasteiger partial charge in [0.05, 0.1) is 17.0 Å². The molecule has 1 rings (SSSR count). The molecule has 76 valence electrons. The quantitative estimate of drug-likeness (QED) is 0.626. The molecule has 1 aromatic rings. The highest BCUT2D eigenvalue weighted by Crippen LogP contribution is 2.20. The van der Waals surface area contributed by atoms with Crippen molar-refractivity contribution in [1.82, 2.24) is 0 Å². The average molecular weight is 223 g/mol. The van der Waals surface area contributed by atoms with Crippen molar-refractivity contribution in [3.05, 3.63) is 28.8 Å². The minimum atomic E-state index is -0.411. The van der Waals surface area contributed by atoms with Crippen LogP contribution in [-0.4, -0.2) is 12.2 Å². The molecule has 0 saturated carbocycles. The van der Waals surface area contributed by atoms with Crippen molar-refractivity contribution in [1.29, 1.82) is 5.26 Å². The molecule has 5 heteroatoms. The van der Waals surface area contributed by atoms with Gasteiger partial charge in [0, 0.05) is 5.69 Å². The summed E-state index contributed by atoms with van der Waals surface area (Å²) in [4.78, 5) is 21.1. The molecule has 0 unspecified atom stereocenters. The highest BCUT2D eigenvalue weighted by atomic mass is 35.5. The summed E-state index contributed by atoms with van der Waals surface area (Å²) in [6.45, 7) is 0. The monoisotopic (exact) mass is 222 g/mol. The van der Waals surface area contributed by atoms with E-state index in [1.807, 2.05) is 6.07 Å². The molecule has 0 fully saturated rings. The third kappa shape index (κ3) is 3.08. The van der Waals surface area contributed by atoms with Gasteiger partial charge in [0.1, 0.15) is 12.4 Å². The van der Waals surface area contributed by atoms with Crippen LogP contribution in [0.3, 0.4) is 0 Å². The molecule has 0 heterocycles. The van der Waals surface area contributed by atoms with Gasteiger partial charge in [-0.15, -0.1) is 0 Å². The number of hydrogen-bond acceptors (Lipinski definition) is 3. The average Bonchev–Trinajstić information content (AvgIpc) is 2.18. The van der Waals surface area contributed by atoms with Gasteiger partial charge in [-0.3, -0.25) is 4.79 Å². The molecule has 1 aromatic carbocycles. The van der Waals surface area contributed by atoms with Gasteiger partial charge in [-0.1, -0.05) is 11.6 Å². The maximum absolute atomic E-state index is 11.0. The zero-order valence-electron chi connectivity index (χ0n) is 7.66. The number of carbonyl (C=O) groups is 2. The molecular weight excluding hydrogens is 216 g/mol. The molecule has 4 nitrogen and oxygen atoms in total. The standard InChI is InChI=1S/C10H7ClN2O2/c11-9-5-8(2-1-7(9)6-12)13-10(15)3-4-14/h1-2,4-5H,3H2,(H,13,15). The summed E-state index contributed by atoms with van der Waals surface area (Å²) < 4.78 is 0. The molecule has 0 bridgehead atoms. The van der Waals surface area contributed by atoms with E-state index in [1.165, 1.54) is 12.1 Å². The lowest BCUT2D eigenvalue weighted by Crippen LogP contribution is -2.11. The van der Waals surface area contributed by atoms with Crippen LogP contribution in [0.2, 0.25) is 5.02 Å². The van der Waals surface area contributed by atoms with Crippen LogP contribution in [0.1, 0.15) is 12.0 Å². The number of hydrogen-bond donors (Lipinski definition) is 1. The van der Waals surface area contributed by atoms with E-state index in [4.69, 9.17) is 16.9 Å². The third-order valence-corrected chi connectivity index (χ3v) is 1.95. The van der Waals surface area contributed by atoms with E-state index in [0.29, 0.717) is 17.5 Å². The van der Waals surface area contributed by atoms with E-state index in [-0.39, 0.29) is 11.4 Å². The SMILES string of the molecule is N#Cc1ccc(NC(=O)CC=O)cc1Cl. The summed E-state index contributed by atoms with van der Waals surface area (Å²) in [5.41, 5.74) is 0.802. The van der Waals surface area contributed by atoms with Crippen molar-refractivity contribution in [2.24, 2.45) is 0 Å². The number of benzene rings is 1. The number of nitrogens with one attached hydrogen (secondary N) is 1. The smallest absolute Gasteiger partial charge is 0.231 e. The fourth-order valence-electron chi connectivity index (χ4n) is 0.971. The van der Waals surface area contributed by atoms with Crippen LogP contribution in [0, 0.1) is 11.3 Å². The number of carbonyl (C=O) groups excluding carboxylic acids is 2. The third-order valence-electron chi connectivity index (χ3n) is 1.64. The van der Waals surface area contributed by atoms with Gasteiger partial charge in [-0.25, -0.2) is 0 Å². The predicted molar refractivity (Wildman–Crippen MR) is 55.5 cm³/mol. The second-order valence-electron chi connectivity index (χ2n) is 2.73. The van der Waals surface area contributed by atoms with Gasteiger partial charge in [0.25, 0.3) is 0 Å². The van der Waals surface area contributed by atoms with Crippen LogP contribution >= 0.6 is 11.6 Å². The van der Waals surface area contributed by atoms with Crippen LogP contribution in [0.15, 0.2) is 18.2 Å². The summed E-state index contributed by atoms with van der Waals surface area (Å²) in [7, 11) is 0. The van der Waals surface area contributed by atoms with E-state index < -0.39 is 5.91 Å². The number of nitrogens with zero attached hydrogens (tertiary/aromatic N) is 1. The summed E-state index contributed by atoms with van der Waals surface area (Å²) in [6.07, 6.45) is 0.318. The fourth-order valence-corrected chi connectivity index (χ4v) is 1.19. The Morgan fingerprint density at radius 1 is 1.60 bits per heavy atom. The molecule has 1 N–H and O–H groups in total. The molecule has 0 aromatic heterocycles. The van der Waals surface area contributed by atoms with E-state index >= 15 is 0 Å². The van der Waals surface area contributed by atoms with Crippen molar-refractivity contribution in [2.45, 2.75) is 6.42 Å². The van der Waals surface area contributed by atoms with Crippen molar-refractivity contribution in [2.75, 3.05) is 5.32 Å². The molecule has 15 heavy (non-hydrogen) atoms. The maximum atomic E-state index is 11.0. The molecular formula is C10H7ClN2O2. The van der Waals surface area contributed by atoms with E-state index in [2.05, 4.69) is 5.32 Å². The Morgan fingerprint density at radius 3 is 2.87 bits per heavy atom. The maximum Gasteiger partial charge on any atom is 0.231 e. The van der Waals surface area contributed by atoms with E-state index in [9.17, 15) is 9.59 Å². The highest BCUT2D eigenvalue weighted by molar-refractivity contribution is 6.32. The predicted octanol–water partition coefficient (Wildman–Crippen LogP) is 1.74. The molecule has 0 aliphatic rings. The number of halogens is 1. The van der Waals surface area contributed by atoms with Gasteiger partial charge in [-0.05, 0) is 18.2 Å². The molecule has 0 aliphatic heterocycles. The molecule has 1 amide bonds. The van der Waals surface area contributed by atoms with Crippen LogP contribution in [0.25, 0.3) is 0 Å². The molecule has 0 aliphatic carbocycles. The largest absolute Gasteiger partial charge is 0.326 e. The molecule has 0 radical (unpaired) electrons. The number of aldehydes is 1. The normalized spacial score (nSPS) is 9.07. The van der Waals surface area contributed by atoms with Crippen molar-refractivity contribution in [3.8, 4) is 6.07 Å². The Kier molecular flexibility index (Phi) is 3.83. The Bertz CT molecular complexity index is 438. The van der Waals surface area contributed by atoms with Gasteiger partial charge >= 0.3 is 0 Å². The first kappa shape index (κ1) is 11.2. The summed E-state index contributed by atoms with van der Waals surface area (Å²) in [6, 6.07) is 6.41. The summed E-state index contributed by atoms with van der Waals surface area (Å²) >= 11 is 5.75. The zero-order valence-corrected chi connectivity index (χ0v) is 8.41. The first-order valence-electron chi connectivity index (χ1n) is 4.10. The highest BCUT2D eigenvalue weighted by Gasteiger charge is 2.04. The summed E-state index contributed by atoms with van der Waals surface area (Å²) in [5, 5.41) is 11.3. The Balaban J connectivity index is 2.81. The van der Waals surface area contributed by atoms with Crippen LogP contribution < -0.4 is 5.32 Å². The van der Waals surface area contributed by atoms with Crippen LogP contribution in [0.4, 0.5) is 5.69 Å². The van der Waals surface area contributed by atoms with Gasteiger partial charge in [-0.2, -0.15) is 5.26 Å². The van der Waals surface area contributed by atoms with Crippen molar-refractivity contribution >= 4 is 29.5 Å². The second-order valence-corrected chi connectivity index (χ2v) is 3.13. The topological polar surface area (TPSA) is 70.0 Å². The Morgan fingerprint density at radius 2 is 2.33 bits per heavy atom. The zero-order chi connectivity index (χ0) is 11.3. The van der Waals surface area contributed by atoms with Crippen molar-refractivity contribution in [3.63, 3.8) is 0 Å². The Hall–Kier alpha value is -1.86. The number of amides is 1. The molecule has 0 spiro atoms. The van der Waals surface area contributed by atoms with Gasteiger partial charge in [0.2, 0.25) is 5.91 Å². The minimum absolute atomic E-state index is 0.197. The lowest BCUT2D eigenvalue weighted by atomic mass is 10.2. The van der Waals surface area contributed by atoms with Crippen molar-refractivity contribution < 1.29 is 9.59 Å². The fraction of sp³-hybridized carbons (Fsp3) is 0.100. The van der Waals surface area contributed by atoms with E-state index in [0.717, 1.165) is 0 Å². The first-order valence-corrected chi connectivity index (χ1v) is 4.48. The number of nitriles is 1. The first-order chi connectivity index (χ1) is 7.17. The van der Waals surface area contributed by atoms with Gasteiger partial charge in [0.15, 0.2) is 0 Å². The molecule has 0 saturated heterocycles. The second kappa shape index (κ2) is 5.13. The minimum Gasteiger partial charge on any atom is -0.326 e. The number of anilines is 1. The molecule has 0 atom stereocenters. The lowest BCUT2D eigenvalue weighted by Gasteiger charge is -2.03. The van der Waals surface area contributed by atoms with Crippen LogP contribution in [-0.2, 0) is 9.59 Å². The van der Waals surface area contributed by atoms with E-state index in [1.54, 1.807) is 6.07 Å².